The number of nitriles is 1. The summed E-state index contributed by atoms with van der Waals surface area (Å²) in [5, 5.41) is 9.61. The Hall–Kier alpha value is -6.61. The molecule has 5 heteroatoms. The normalized spacial score (nSPS) is 13.1. The predicted molar refractivity (Wildman–Crippen MR) is 208 cm³/mol. The van der Waals surface area contributed by atoms with E-state index in [1.807, 2.05) is 60.3 Å². The highest BCUT2D eigenvalue weighted by Crippen LogP contribution is 2.63. The van der Waals surface area contributed by atoms with E-state index in [1.54, 1.807) is 6.07 Å². The number of aromatic nitrogens is 3. The first-order chi connectivity index (χ1) is 25.7. The van der Waals surface area contributed by atoms with E-state index < -0.39 is 5.41 Å². The minimum atomic E-state index is -0.441. The van der Waals surface area contributed by atoms with Gasteiger partial charge in [-0.15, -0.1) is 0 Å². The summed E-state index contributed by atoms with van der Waals surface area (Å²) in [5.41, 5.74) is 12.8. The molecule has 4 nitrogen and oxygen atoms in total. The minimum absolute atomic E-state index is 0.441. The number of fused-ring (bicyclic) bond motifs is 9. The third-order valence-electron chi connectivity index (χ3n) is 10.2. The van der Waals surface area contributed by atoms with Gasteiger partial charge in [-0.1, -0.05) is 157 Å². The van der Waals surface area contributed by atoms with Gasteiger partial charge in [-0.05, 0) is 68.8 Å². The molecule has 1 aromatic heterocycles. The van der Waals surface area contributed by atoms with E-state index in [1.165, 1.54) is 48.7 Å². The van der Waals surface area contributed by atoms with E-state index in [4.69, 9.17) is 15.0 Å². The largest absolute Gasteiger partial charge is 0.208 e. The van der Waals surface area contributed by atoms with Crippen molar-refractivity contribution in [2.75, 3.05) is 0 Å². The highest BCUT2D eigenvalue weighted by molar-refractivity contribution is 7.99. The number of rotatable bonds is 4. The van der Waals surface area contributed by atoms with Gasteiger partial charge >= 0.3 is 0 Å². The van der Waals surface area contributed by atoms with Crippen LogP contribution in [0.1, 0.15) is 27.8 Å². The standard InChI is InChI=1S/C47H28N4S/c48-29-30-13-10-17-33(27-30)45-49-44(31-14-2-1-3-15-31)50-46(51-45)34-18-11-16-32(28-34)35-21-12-25-41-43(35)52-42-26-9-8-24-40(42)47(41)38-22-6-4-19-36(38)37-20-5-7-23-39(37)47/h1-28H. The Morgan fingerprint density at radius 3 is 1.63 bits per heavy atom. The molecule has 0 saturated heterocycles. The van der Waals surface area contributed by atoms with Crippen molar-refractivity contribution in [3.63, 3.8) is 0 Å². The molecule has 52 heavy (non-hydrogen) atoms. The van der Waals surface area contributed by atoms with E-state index in [9.17, 15) is 5.26 Å². The summed E-state index contributed by atoms with van der Waals surface area (Å²) in [6.07, 6.45) is 0. The molecule has 1 aliphatic heterocycles. The van der Waals surface area contributed by atoms with Crippen molar-refractivity contribution < 1.29 is 0 Å². The molecule has 0 fully saturated rings. The van der Waals surface area contributed by atoms with Crippen LogP contribution in [0.15, 0.2) is 180 Å². The van der Waals surface area contributed by atoms with Crippen LogP contribution in [0.4, 0.5) is 0 Å². The second-order valence-corrected chi connectivity index (χ2v) is 14.1. The lowest BCUT2D eigenvalue weighted by molar-refractivity contribution is 0.723. The Bertz CT molecular complexity index is 2700. The van der Waals surface area contributed by atoms with Crippen molar-refractivity contribution >= 4 is 11.8 Å². The van der Waals surface area contributed by atoms with Gasteiger partial charge in [-0.25, -0.2) is 15.0 Å². The molecule has 0 atom stereocenters. The zero-order valence-electron chi connectivity index (χ0n) is 27.9. The third-order valence-corrected chi connectivity index (χ3v) is 11.4. The molecule has 10 rings (SSSR count). The second-order valence-electron chi connectivity index (χ2n) is 13.1. The van der Waals surface area contributed by atoms with E-state index in [0.29, 0.717) is 23.0 Å². The minimum Gasteiger partial charge on any atom is -0.208 e. The maximum atomic E-state index is 9.61. The van der Waals surface area contributed by atoms with Crippen LogP contribution in [-0.2, 0) is 5.41 Å². The fraction of sp³-hybridized carbons (Fsp3) is 0.0213. The maximum Gasteiger partial charge on any atom is 0.164 e. The lowest BCUT2D eigenvalue weighted by Crippen LogP contribution is -2.32. The molecular formula is C47H28N4S. The SMILES string of the molecule is N#Cc1cccc(-c2nc(-c3ccccc3)nc(-c3cccc(-c4cccc5c4Sc4ccccc4C54c5ccccc5-c5ccccc54)c3)n2)c1. The van der Waals surface area contributed by atoms with Crippen LogP contribution < -0.4 is 0 Å². The predicted octanol–water partition coefficient (Wildman–Crippen LogP) is 11.2. The van der Waals surface area contributed by atoms with E-state index in [0.717, 1.165) is 22.3 Å². The van der Waals surface area contributed by atoms with Crippen LogP contribution in [0.3, 0.4) is 0 Å². The summed E-state index contributed by atoms with van der Waals surface area (Å²) in [4.78, 5) is 17.4. The molecule has 0 N–H and O–H groups in total. The first-order valence-electron chi connectivity index (χ1n) is 17.3. The lowest BCUT2D eigenvalue weighted by atomic mass is 9.67. The monoisotopic (exact) mass is 680 g/mol. The molecule has 8 aromatic rings. The number of hydrogen-bond acceptors (Lipinski definition) is 5. The average Bonchev–Trinajstić information content (AvgIpc) is 3.51. The Labute approximate surface area is 306 Å². The summed E-state index contributed by atoms with van der Waals surface area (Å²) in [5.74, 6) is 1.68. The Kier molecular flexibility index (Phi) is 6.99. The summed E-state index contributed by atoms with van der Waals surface area (Å²) < 4.78 is 0. The number of nitrogens with zero attached hydrogens (tertiary/aromatic N) is 4. The lowest BCUT2D eigenvalue weighted by Gasteiger charge is -2.40. The molecule has 2 heterocycles. The van der Waals surface area contributed by atoms with Gasteiger partial charge in [0.05, 0.1) is 17.0 Å². The molecule has 7 aromatic carbocycles. The summed E-state index contributed by atoms with van der Waals surface area (Å²) in [6, 6.07) is 61.6. The van der Waals surface area contributed by atoms with Gasteiger partial charge in [0.1, 0.15) is 0 Å². The molecule has 0 unspecified atom stereocenters. The van der Waals surface area contributed by atoms with Gasteiger partial charge in [0.2, 0.25) is 0 Å². The van der Waals surface area contributed by atoms with Crippen molar-refractivity contribution in [3.8, 4) is 62.5 Å². The van der Waals surface area contributed by atoms with E-state index >= 15 is 0 Å². The molecule has 0 saturated carbocycles. The van der Waals surface area contributed by atoms with Crippen molar-refractivity contribution in [2.24, 2.45) is 0 Å². The van der Waals surface area contributed by atoms with Crippen LogP contribution in [0, 0.1) is 11.3 Å². The van der Waals surface area contributed by atoms with Gasteiger partial charge in [0, 0.05) is 26.5 Å². The van der Waals surface area contributed by atoms with E-state index in [2.05, 4.69) is 121 Å². The molecule has 2 aliphatic rings. The highest BCUT2D eigenvalue weighted by atomic mass is 32.2. The Balaban J connectivity index is 1.17. The fourth-order valence-corrected chi connectivity index (χ4v) is 9.33. The Morgan fingerprint density at radius 1 is 0.423 bits per heavy atom. The average molecular weight is 681 g/mol. The maximum absolute atomic E-state index is 9.61. The van der Waals surface area contributed by atoms with Gasteiger partial charge in [-0.3, -0.25) is 0 Å². The zero-order chi connectivity index (χ0) is 34.6. The Morgan fingerprint density at radius 2 is 0.923 bits per heavy atom. The number of hydrogen-bond donors (Lipinski definition) is 0. The van der Waals surface area contributed by atoms with Crippen LogP contribution in [0.25, 0.3) is 56.4 Å². The zero-order valence-corrected chi connectivity index (χ0v) is 28.7. The highest BCUT2D eigenvalue weighted by Gasteiger charge is 2.50. The molecule has 242 valence electrons. The van der Waals surface area contributed by atoms with Gasteiger partial charge in [0.15, 0.2) is 17.5 Å². The van der Waals surface area contributed by atoms with Crippen molar-refractivity contribution in [3.05, 3.63) is 198 Å². The molecule has 1 aliphatic carbocycles. The molecular weight excluding hydrogens is 653 g/mol. The summed E-state index contributed by atoms with van der Waals surface area (Å²) in [7, 11) is 0. The number of benzene rings is 7. The van der Waals surface area contributed by atoms with Crippen LogP contribution in [-0.4, -0.2) is 15.0 Å². The van der Waals surface area contributed by atoms with Crippen LogP contribution >= 0.6 is 11.8 Å². The van der Waals surface area contributed by atoms with Gasteiger partial charge < -0.3 is 0 Å². The van der Waals surface area contributed by atoms with E-state index in [-0.39, 0.29) is 0 Å². The smallest absolute Gasteiger partial charge is 0.164 e. The van der Waals surface area contributed by atoms with Crippen molar-refractivity contribution in [1.82, 2.24) is 15.0 Å². The first kappa shape index (κ1) is 30.2. The molecule has 0 amide bonds. The molecule has 0 bridgehead atoms. The molecule has 1 spiro atoms. The molecule has 0 radical (unpaired) electrons. The second kappa shape index (κ2) is 12.0. The van der Waals surface area contributed by atoms with Gasteiger partial charge in [-0.2, -0.15) is 5.26 Å². The summed E-state index contributed by atoms with van der Waals surface area (Å²) in [6.45, 7) is 0. The first-order valence-corrected chi connectivity index (χ1v) is 18.1. The van der Waals surface area contributed by atoms with Crippen molar-refractivity contribution in [2.45, 2.75) is 15.2 Å². The quantitative estimate of drug-likeness (QED) is 0.185. The van der Waals surface area contributed by atoms with Crippen molar-refractivity contribution in [1.29, 1.82) is 5.26 Å². The summed E-state index contributed by atoms with van der Waals surface area (Å²) >= 11 is 1.85. The fourth-order valence-electron chi connectivity index (χ4n) is 8.01. The topological polar surface area (TPSA) is 62.5 Å². The van der Waals surface area contributed by atoms with Gasteiger partial charge in [0.25, 0.3) is 0 Å². The van der Waals surface area contributed by atoms with Crippen LogP contribution in [0.2, 0.25) is 0 Å². The van der Waals surface area contributed by atoms with Crippen LogP contribution in [0.5, 0.6) is 0 Å². The third kappa shape index (κ3) is 4.59.